The molecule has 2 aromatic carbocycles. The zero-order valence-corrected chi connectivity index (χ0v) is 17.8. The van der Waals surface area contributed by atoms with Gasteiger partial charge in [-0.3, -0.25) is 9.59 Å². The third-order valence-electron chi connectivity index (χ3n) is 5.52. The summed E-state index contributed by atoms with van der Waals surface area (Å²) in [5.74, 6) is -0.826. The van der Waals surface area contributed by atoms with Crippen LogP contribution in [0.25, 0.3) is 0 Å². The molecule has 2 aliphatic rings. The van der Waals surface area contributed by atoms with E-state index in [1.54, 1.807) is 17.0 Å². The van der Waals surface area contributed by atoms with Gasteiger partial charge in [-0.15, -0.1) is 0 Å². The Morgan fingerprint density at radius 1 is 1.10 bits per heavy atom. The molecule has 0 radical (unpaired) electrons. The summed E-state index contributed by atoms with van der Waals surface area (Å²) in [6.07, 6.45) is 1.84. The minimum absolute atomic E-state index is 0.0853. The quantitative estimate of drug-likeness (QED) is 0.682. The molecule has 0 bridgehead atoms. The highest BCUT2D eigenvalue weighted by Crippen LogP contribution is 2.26. The highest BCUT2D eigenvalue weighted by Gasteiger charge is 2.35. The molecule has 8 nitrogen and oxygen atoms in total. The SMILES string of the molecule is O=C(Nc1ccc(S(=O)(=O)NC[C@H]2CCCO2)cc1)[C@@H]1CC(=O)N(c2ccccc2)C1. The second kappa shape index (κ2) is 9.17. The molecule has 0 unspecified atom stereocenters. The van der Waals surface area contributed by atoms with E-state index in [2.05, 4.69) is 10.0 Å². The van der Waals surface area contributed by atoms with Crippen LogP contribution in [-0.4, -0.2) is 46.0 Å². The van der Waals surface area contributed by atoms with Crippen LogP contribution in [0, 0.1) is 5.92 Å². The lowest BCUT2D eigenvalue weighted by atomic mass is 10.1. The van der Waals surface area contributed by atoms with Gasteiger partial charge >= 0.3 is 0 Å². The molecule has 0 aliphatic carbocycles. The van der Waals surface area contributed by atoms with Crippen molar-refractivity contribution >= 4 is 33.2 Å². The first-order chi connectivity index (χ1) is 14.9. The van der Waals surface area contributed by atoms with E-state index in [1.807, 2.05) is 30.3 Å². The van der Waals surface area contributed by atoms with Gasteiger partial charge in [0.15, 0.2) is 0 Å². The van der Waals surface area contributed by atoms with Gasteiger partial charge in [-0.05, 0) is 49.2 Å². The number of amides is 2. The minimum Gasteiger partial charge on any atom is -0.377 e. The van der Waals surface area contributed by atoms with Crippen LogP contribution in [0.4, 0.5) is 11.4 Å². The summed E-state index contributed by atoms with van der Waals surface area (Å²) in [5.41, 5.74) is 1.25. The lowest BCUT2D eigenvalue weighted by Gasteiger charge is -2.16. The Morgan fingerprint density at radius 2 is 1.84 bits per heavy atom. The van der Waals surface area contributed by atoms with Crippen molar-refractivity contribution in [1.82, 2.24) is 4.72 Å². The van der Waals surface area contributed by atoms with E-state index in [9.17, 15) is 18.0 Å². The van der Waals surface area contributed by atoms with Gasteiger partial charge < -0.3 is 15.0 Å². The summed E-state index contributed by atoms with van der Waals surface area (Å²) >= 11 is 0. The van der Waals surface area contributed by atoms with E-state index in [1.165, 1.54) is 12.1 Å². The van der Waals surface area contributed by atoms with Gasteiger partial charge in [0, 0.05) is 37.5 Å². The van der Waals surface area contributed by atoms with Crippen molar-refractivity contribution in [3.63, 3.8) is 0 Å². The standard InChI is InChI=1S/C22H25N3O5S/c26-21-13-16(15-25(21)18-5-2-1-3-6-18)22(27)24-17-8-10-20(11-9-17)31(28,29)23-14-19-7-4-12-30-19/h1-3,5-6,8-11,16,19,23H,4,7,12-15H2,(H,24,27)/t16-,19-/m1/s1. The van der Waals surface area contributed by atoms with Gasteiger partial charge in [0.25, 0.3) is 0 Å². The summed E-state index contributed by atoms with van der Waals surface area (Å²) in [6.45, 7) is 1.22. The number of carbonyl (C=O) groups is 2. The highest BCUT2D eigenvalue weighted by atomic mass is 32.2. The number of hydrogen-bond donors (Lipinski definition) is 2. The number of carbonyl (C=O) groups excluding carboxylic acids is 2. The summed E-state index contributed by atoms with van der Waals surface area (Å²) < 4.78 is 32.9. The molecule has 2 amide bonds. The topological polar surface area (TPSA) is 105 Å². The van der Waals surface area contributed by atoms with E-state index < -0.39 is 15.9 Å². The van der Waals surface area contributed by atoms with Crippen molar-refractivity contribution in [3.05, 3.63) is 54.6 Å². The van der Waals surface area contributed by atoms with Crippen LogP contribution in [0.1, 0.15) is 19.3 Å². The molecule has 164 valence electrons. The van der Waals surface area contributed by atoms with Crippen molar-refractivity contribution in [2.24, 2.45) is 5.92 Å². The molecule has 2 heterocycles. The zero-order chi connectivity index (χ0) is 21.8. The summed E-state index contributed by atoms with van der Waals surface area (Å²) in [4.78, 5) is 26.7. The largest absolute Gasteiger partial charge is 0.377 e. The molecule has 2 fully saturated rings. The average Bonchev–Trinajstić information content (AvgIpc) is 3.43. The lowest BCUT2D eigenvalue weighted by Crippen LogP contribution is -2.31. The first kappa shape index (κ1) is 21.5. The second-order valence-corrected chi connectivity index (χ2v) is 9.51. The third kappa shape index (κ3) is 5.12. The molecule has 4 rings (SSSR count). The molecule has 2 atom stereocenters. The van der Waals surface area contributed by atoms with E-state index in [-0.39, 0.29) is 35.8 Å². The van der Waals surface area contributed by atoms with Crippen molar-refractivity contribution in [3.8, 4) is 0 Å². The van der Waals surface area contributed by atoms with Crippen molar-refractivity contribution < 1.29 is 22.7 Å². The molecule has 9 heteroatoms. The van der Waals surface area contributed by atoms with Gasteiger partial charge in [-0.2, -0.15) is 0 Å². The number of benzene rings is 2. The number of nitrogens with zero attached hydrogens (tertiary/aromatic N) is 1. The lowest BCUT2D eigenvalue weighted by molar-refractivity contribution is -0.122. The maximum Gasteiger partial charge on any atom is 0.240 e. The van der Waals surface area contributed by atoms with Gasteiger partial charge in [0.1, 0.15) is 0 Å². The number of hydrogen-bond acceptors (Lipinski definition) is 5. The fourth-order valence-electron chi connectivity index (χ4n) is 3.79. The van der Waals surface area contributed by atoms with E-state index >= 15 is 0 Å². The molecule has 2 saturated heterocycles. The first-order valence-corrected chi connectivity index (χ1v) is 11.8. The molecular formula is C22H25N3O5S. The first-order valence-electron chi connectivity index (χ1n) is 10.3. The van der Waals surface area contributed by atoms with Gasteiger partial charge in [-0.1, -0.05) is 18.2 Å². The Morgan fingerprint density at radius 3 is 2.52 bits per heavy atom. The molecule has 2 aromatic rings. The zero-order valence-electron chi connectivity index (χ0n) is 17.0. The Bertz CT molecular complexity index is 1030. The van der Waals surface area contributed by atoms with Crippen LogP contribution in [0.2, 0.25) is 0 Å². The minimum atomic E-state index is -3.65. The van der Waals surface area contributed by atoms with Crippen molar-refractivity contribution in [1.29, 1.82) is 0 Å². The monoisotopic (exact) mass is 443 g/mol. The van der Waals surface area contributed by atoms with Crippen molar-refractivity contribution in [2.45, 2.75) is 30.3 Å². The van der Waals surface area contributed by atoms with E-state index in [4.69, 9.17) is 4.74 Å². The molecule has 2 aliphatic heterocycles. The van der Waals surface area contributed by atoms with Crippen LogP contribution in [0.3, 0.4) is 0 Å². The van der Waals surface area contributed by atoms with Crippen molar-refractivity contribution in [2.75, 3.05) is 29.9 Å². The Hall–Kier alpha value is -2.75. The molecule has 31 heavy (non-hydrogen) atoms. The molecule has 0 aromatic heterocycles. The summed E-state index contributed by atoms with van der Waals surface area (Å²) in [7, 11) is -3.65. The van der Waals surface area contributed by atoms with Crippen LogP contribution < -0.4 is 14.9 Å². The van der Waals surface area contributed by atoms with E-state index in [0.29, 0.717) is 18.8 Å². The normalized spacial score (nSPS) is 21.4. The summed E-state index contributed by atoms with van der Waals surface area (Å²) in [6, 6.07) is 15.2. The van der Waals surface area contributed by atoms with Crippen LogP contribution in [-0.2, 0) is 24.3 Å². The van der Waals surface area contributed by atoms with Gasteiger partial charge in [-0.25, -0.2) is 13.1 Å². The predicted molar refractivity (Wildman–Crippen MR) is 116 cm³/mol. The van der Waals surface area contributed by atoms with Crippen LogP contribution >= 0.6 is 0 Å². The van der Waals surface area contributed by atoms with Crippen LogP contribution in [0.5, 0.6) is 0 Å². The maximum atomic E-state index is 12.6. The van der Waals surface area contributed by atoms with Gasteiger partial charge in [0.05, 0.1) is 16.9 Å². The summed E-state index contributed by atoms with van der Waals surface area (Å²) in [5, 5.41) is 2.78. The van der Waals surface area contributed by atoms with Crippen LogP contribution in [0.15, 0.2) is 59.5 Å². The Labute approximate surface area is 181 Å². The van der Waals surface area contributed by atoms with Gasteiger partial charge in [0.2, 0.25) is 21.8 Å². The Kier molecular flexibility index (Phi) is 6.35. The molecular weight excluding hydrogens is 418 g/mol. The molecule has 0 saturated carbocycles. The number of anilines is 2. The fourth-order valence-corrected chi connectivity index (χ4v) is 4.86. The second-order valence-electron chi connectivity index (χ2n) is 7.74. The molecule has 0 spiro atoms. The number of para-hydroxylation sites is 1. The van der Waals surface area contributed by atoms with E-state index in [0.717, 1.165) is 18.5 Å². The Balaban J connectivity index is 1.34. The fraction of sp³-hybridized carbons (Fsp3) is 0.364. The number of nitrogens with one attached hydrogen (secondary N) is 2. The average molecular weight is 444 g/mol. The highest BCUT2D eigenvalue weighted by molar-refractivity contribution is 7.89. The number of ether oxygens (including phenoxy) is 1. The maximum absolute atomic E-state index is 12.6. The number of sulfonamides is 1. The predicted octanol–water partition coefficient (Wildman–Crippen LogP) is 2.14. The molecule has 2 N–H and O–H groups in total. The smallest absolute Gasteiger partial charge is 0.240 e. The number of rotatable bonds is 7. The third-order valence-corrected chi connectivity index (χ3v) is 6.96.